The Labute approximate surface area is 130 Å². The predicted molar refractivity (Wildman–Crippen MR) is 92.7 cm³/mol. The Bertz CT molecular complexity index is 595. The van der Waals surface area contributed by atoms with Gasteiger partial charge in [0, 0.05) is 21.3 Å². The van der Waals surface area contributed by atoms with E-state index in [1.54, 1.807) is 0 Å². The van der Waals surface area contributed by atoms with Crippen molar-refractivity contribution in [2.24, 2.45) is 0 Å². The lowest BCUT2D eigenvalue weighted by Crippen LogP contribution is -2.14. The number of aryl methyl sites for hydroxylation is 2. The van der Waals surface area contributed by atoms with Gasteiger partial charge >= 0.3 is 0 Å². The van der Waals surface area contributed by atoms with Gasteiger partial charge in [0.05, 0.1) is 5.69 Å². The summed E-state index contributed by atoms with van der Waals surface area (Å²) in [4.78, 5) is 0. The van der Waals surface area contributed by atoms with Gasteiger partial charge in [-0.15, -0.1) is 0 Å². The Morgan fingerprint density at radius 2 is 1.30 bits per heavy atom. The maximum absolute atomic E-state index is 6.28. The minimum atomic E-state index is 0.597. The molecule has 2 rings (SSSR count). The highest BCUT2D eigenvalue weighted by molar-refractivity contribution is 9.10. The first kappa shape index (κ1) is 15.0. The summed E-state index contributed by atoms with van der Waals surface area (Å²) < 4.78 is 0.884. The first-order valence-corrected chi connectivity index (χ1v) is 7.25. The summed E-state index contributed by atoms with van der Waals surface area (Å²) in [7, 11) is 6.03. The minimum Gasteiger partial charge on any atom is -0.399 e. The summed E-state index contributed by atoms with van der Waals surface area (Å²) in [5.74, 6) is 0. The summed E-state index contributed by atoms with van der Waals surface area (Å²) in [5, 5.41) is 0. The van der Waals surface area contributed by atoms with E-state index in [0.29, 0.717) is 16.8 Å². The molecule has 0 spiro atoms. The average molecular weight is 329 g/mol. The van der Waals surface area contributed by atoms with Gasteiger partial charge in [0.2, 0.25) is 0 Å². The van der Waals surface area contributed by atoms with Crippen LogP contribution in [-0.2, 0) is 0 Å². The van der Waals surface area contributed by atoms with Crippen molar-refractivity contribution >= 4 is 40.6 Å². The first-order chi connectivity index (χ1) is 9.25. The second-order valence-electron chi connectivity index (χ2n) is 5.29. The van der Waals surface area contributed by atoms with Gasteiger partial charge in [-0.25, -0.2) is 0 Å². The van der Waals surface area contributed by atoms with Gasteiger partial charge in [0.1, 0.15) is 7.85 Å². The molecule has 0 atom stereocenters. The van der Waals surface area contributed by atoms with Crippen molar-refractivity contribution in [3.8, 4) is 11.1 Å². The summed E-state index contributed by atoms with van der Waals surface area (Å²) >= 11 is 3.52. The summed E-state index contributed by atoms with van der Waals surface area (Å²) in [6.45, 7) is 8.21. The van der Waals surface area contributed by atoms with Gasteiger partial charge in [0.25, 0.3) is 0 Å². The second-order valence-corrected chi connectivity index (χ2v) is 6.14. The fourth-order valence-electron chi connectivity index (χ4n) is 2.50. The highest BCUT2D eigenvalue weighted by Crippen LogP contribution is 2.41. The normalized spacial score (nSPS) is 10.8. The van der Waals surface area contributed by atoms with Crippen molar-refractivity contribution in [3.63, 3.8) is 0 Å². The van der Waals surface area contributed by atoms with Crippen LogP contribution in [0.3, 0.4) is 0 Å². The molecule has 0 aromatic heterocycles. The highest BCUT2D eigenvalue weighted by atomic mass is 79.9. The molecule has 0 saturated carbocycles. The van der Waals surface area contributed by atoms with Crippen molar-refractivity contribution in [2.75, 3.05) is 11.5 Å². The Morgan fingerprint density at radius 1 is 0.850 bits per heavy atom. The van der Waals surface area contributed by atoms with E-state index in [1.165, 1.54) is 5.56 Å². The first-order valence-electron chi connectivity index (χ1n) is 6.46. The van der Waals surface area contributed by atoms with Crippen molar-refractivity contribution in [2.45, 2.75) is 27.7 Å². The average Bonchev–Trinajstić information content (AvgIpc) is 2.38. The topological polar surface area (TPSA) is 52.0 Å². The third-order valence-electron chi connectivity index (χ3n) is 4.01. The Balaban J connectivity index is 2.96. The molecule has 2 aromatic rings. The van der Waals surface area contributed by atoms with Crippen molar-refractivity contribution in [1.82, 2.24) is 0 Å². The van der Waals surface area contributed by atoms with Gasteiger partial charge in [-0.2, -0.15) is 0 Å². The molecule has 0 amide bonds. The highest BCUT2D eigenvalue weighted by Gasteiger charge is 2.18. The van der Waals surface area contributed by atoms with Crippen LogP contribution in [0, 0.1) is 27.7 Å². The van der Waals surface area contributed by atoms with Gasteiger partial charge in [-0.3, -0.25) is 0 Å². The molecule has 20 heavy (non-hydrogen) atoms. The minimum absolute atomic E-state index is 0.597. The molecule has 2 aromatic carbocycles. The van der Waals surface area contributed by atoms with E-state index in [4.69, 9.17) is 19.3 Å². The standard InChI is InChI=1S/C16H18BBrN2/c1-7-5-11(17)15(19)13(9(7)3)14-10(4)8(2)6-12(18)16(14)20/h5-6H,19-20H2,1-4H3. The van der Waals surface area contributed by atoms with Crippen LogP contribution in [0.5, 0.6) is 0 Å². The molecule has 0 aliphatic carbocycles. The van der Waals surface area contributed by atoms with Crippen LogP contribution in [0.15, 0.2) is 16.6 Å². The lowest BCUT2D eigenvalue weighted by Gasteiger charge is -2.21. The molecule has 2 radical (unpaired) electrons. The molecule has 0 unspecified atom stereocenters. The zero-order chi connectivity index (χ0) is 15.2. The van der Waals surface area contributed by atoms with Crippen LogP contribution in [0.25, 0.3) is 11.1 Å². The van der Waals surface area contributed by atoms with Gasteiger partial charge < -0.3 is 11.5 Å². The van der Waals surface area contributed by atoms with Crippen molar-refractivity contribution in [1.29, 1.82) is 0 Å². The Hall–Kier alpha value is -1.42. The lowest BCUT2D eigenvalue weighted by molar-refractivity contribution is 1.30. The fourth-order valence-corrected chi connectivity index (χ4v) is 3.04. The Morgan fingerprint density at radius 3 is 1.85 bits per heavy atom. The number of hydrogen-bond donors (Lipinski definition) is 2. The van der Waals surface area contributed by atoms with Crippen LogP contribution < -0.4 is 16.9 Å². The summed E-state index contributed by atoms with van der Waals surface area (Å²) in [6, 6.07) is 3.93. The number of nitrogen functional groups attached to an aromatic ring is 2. The number of anilines is 2. The van der Waals surface area contributed by atoms with Crippen LogP contribution >= 0.6 is 15.9 Å². The molecule has 0 aliphatic heterocycles. The molecule has 0 aliphatic rings. The van der Waals surface area contributed by atoms with Gasteiger partial charge in [0.15, 0.2) is 0 Å². The number of benzene rings is 2. The maximum atomic E-state index is 6.28. The molecule has 2 nitrogen and oxygen atoms in total. The van der Waals surface area contributed by atoms with Crippen LogP contribution in [0.1, 0.15) is 22.3 Å². The molecule has 0 fully saturated rings. The van der Waals surface area contributed by atoms with Crippen LogP contribution in [0.2, 0.25) is 0 Å². The number of hydrogen-bond acceptors (Lipinski definition) is 2. The predicted octanol–water partition coefficient (Wildman–Crippen LogP) is 3.31. The maximum Gasteiger partial charge on any atom is 0.116 e. The van der Waals surface area contributed by atoms with Crippen molar-refractivity contribution in [3.05, 3.63) is 38.9 Å². The SMILES string of the molecule is [B]c1cc(C)c(C)c(-c2c(C)c(C)cc(Br)c2N)c1N. The molecule has 0 heterocycles. The molecular formula is C16H18BBrN2. The van der Waals surface area contributed by atoms with E-state index in [9.17, 15) is 0 Å². The third-order valence-corrected chi connectivity index (χ3v) is 4.66. The van der Waals surface area contributed by atoms with E-state index in [1.807, 2.05) is 19.1 Å². The van der Waals surface area contributed by atoms with E-state index in [-0.39, 0.29) is 0 Å². The van der Waals surface area contributed by atoms with E-state index in [2.05, 4.69) is 36.7 Å². The third kappa shape index (κ3) is 2.22. The van der Waals surface area contributed by atoms with E-state index >= 15 is 0 Å². The number of nitrogens with two attached hydrogens (primary N) is 2. The zero-order valence-corrected chi connectivity index (χ0v) is 13.9. The smallest absolute Gasteiger partial charge is 0.116 e. The zero-order valence-electron chi connectivity index (χ0n) is 12.3. The molecule has 4 N–H and O–H groups in total. The quantitative estimate of drug-likeness (QED) is 0.623. The van der Waals surface area contributed by atoms with E-state index < -0.39 is 0 Å². The Kier molecular flexibility index (Phi) is 3.87. The molecular weight excluding hydrogens is 311 g/mol. The molecule has 0 bridgehead atoms. The molecule has 4 heteroatoms. The summed E-state index contributed by atoms with van der Waals surface area (Å²) in [5.41, 5.74) is 20.8. The fraction of sp³-hybridized carbons (Fsp3) is 0.250. The van der Waals surface area contributed by atoms with E-state index in [0.717, 1.165) is 32.3 Å². The number of rotatable bonds is 1. The van der Waals surface area contributed by atoms with Crippen molar-refractivity contribution < 1.29 is 0 Å². The molecule has 0 saturated heterocycles. The largest absolute Gasteiger partial charge is 0.399 e. The monoisotopic (exact) mass is 328 g/mol. The van der Waals surface area contributed by atoms with Crippen LogP contribution in [0.4, 0.5) is 11.4 Å². The second kappa shape index (κ2) is 5.17. The lowest BCUT2D eigenvalue weighted by atomic mass is 9.82. The van der Waals surface area contributed by atoms with Crippen LogP contribution in [-0.4, -0.2) is 7.85 Å². The van der Waals surface area contributed by atoms with Gasteiger partial charge in [-0.1, -0.05) is 11.5 Å². The number of halogens is 1. The summed E-state index contributed by atoms with van der Waals surface area (Å²) in [6.07, 6.45) is 0. The van der Waals surface area contributed by atoms with Gasteiger partial charge in [-0.05, 0) is 71.9 Å². The molecule has 102 valence electrons.